The van der Waals surface area contributed by atoms with E-state index in [9.17, 15) is 18.5 Å². The second-order valence-electron chi connectivity index (χ2n) is 3.36. The first-order chi connectivity index (χ1) is 7.87. The molecule has 0 heterocycles. The molecule has 0 fully saturated rings. The quantitative estimate of drug-likeness (QED) is 0.507. The van der Waals surface area contributed by atoms with Gasteiger partial charge in [-0.25, -0.2) is 13.1 Å². The largest absolute Gasteiger partial charge is 0.272 e. The Hall–Kier alpha value is -0.990. The average molecular weight is 323 g/mol. The van der Waals surface area contributed by atoms with Crippen molar-refractivity contribution >= 4 is 31.6 Å². The normalized spacial score (nSPS) is 11.4. The Kier molecular flexibility index (Phi) is 4.61. The smallest absolute Gasteiger partial charge is 0.258 e. The minimum atomic E-state index is -3.37. The second-order valence-corrected chi connectivity index (χ2v) is 6.47. The van der Waals surface area contributed by atoms with Crippen LogP contribution >= 0.6 is 15.9 Å². The lowest BCUT2D eigenvalue weighted by Gasteiger charge is -2.07. The molecule has 1 rings (SSSR count). The molecule has 0 radical (unpaired) electrons. The van der Waals surface area contributed by atoms with E-state index in [1.54, 1.807) is 13.0 Å². The number of rotatable bonds is 5. The maximum atomic E-state index is 11.2. The lowest BCUT2D eigenvalue weighted by molar-refractivity contribution is -0.385. The Morgan fingerprint density at radius 2 is 2.12 bits per heavy atom. The molecule has 0 aliphatic rings. The fourth-order valence-corrected chi connectivity index (χ4v) is 2.22. The van der Waals surface area contributed by atoms with Crippen molar-refractivity contribution in [2.24, 2.45) is 0 Å². The van der Waals surface area contributed by atoms with E-state index in [4.69, 9.17) is 0 Å². The Morgan fingerprint density at radius 1 is 1.47 bits per heavy atom. The summed E-state index contributed by atoms with van der Waals surface area (Å²) in [4.78, 5) is 10.2. The van der Waals surface area contributed by atoms with Crippen molar-refractivity contribution in [2.45, 2.75) is 13.5 Å². The number of nitro benzene ring substituents is 1. The van der Waals surface area contributed by atoms with Gasteiger partial charge in [0, 0.05) is 18.2 Å². The zero-order valence-corrected chi connectivity index (χ0v) is 11.4. The predicted octanol–water partition coefficient (Wildman–Crippen LogP) is 1.68. The number of nitrogens with zero attached hydrogens (tertiary/aromatic N) is 1. The summed E-state index contributed by atoms with van der Waals surface area (Å²) in [7, 11) is -3.37. The molecule has 1 aromatic carbocycles. The summed E-state index contributed by atoms with van der Waals surface area (Å²) in [6, 6.07) is 4.57. The number of halogens is 1. The molecule has 0 aliphatic carbocycles. The first kappa shape index (κ1) is 14.1. The summed E-state index contributed by atoms with van der Waals surface area (Å²) in [5.41, 5.74) is 1.04. The van der Waals surface area contributed by atoms with Gasteiger partial charge < -0.3 is 0 Å². The zero-order valence-electron chi connectivity index (χ0n) is 9.01. The number of hydrogen-bond donors (Lipinski definition) is 1. The van der Waals surface area contributed by atoms with Gasteiger partial charge in [-0.1, -0.05) is 28.1 Å². The SMILES string of the molecule is Cc1c(CNS(=O)(=O)CBr)cccc1[N+](=O)[O-]. The van der Waals surface area contributed by atoms with Crippen LogP contribution in [0.5, 0.6) is 0 Å². The van der Waals surface area contributed by atoms with E-state index in [1.165, 1.54) is 12.1 Å². The van der Waals surface area contributed by atoms with E-state index in [-0.39, 0.29) is 16.9 Å². The number of alkyl halides is 1. The molecule has 6 nitrogen and oxygen atoms in total. The molecule has 0 bridgehead atoms. The molecular formula is C9H11BrN2O4S. The van der Waals surface area contributed by atoms with Crippen LogP contribution in [0.25, 0.3) is 0 Å². The van der Waals surface area contributed by atoms with Gasteiger partial charge in [0.2, 0.25) is 10.0 Å². The van der Waals surface area contributed by atoms with Crippen molar-refractivity contribution in [3.8, 4) is 0 Å². The maximum Gasteiger partial charge on any atom is 0.272 e. The van der Waals surface area contributed by atoms with E-state index < -0.39 is 14.9 Å². The summed E-state index contributed by atoms with van der Waals surface area (Å²) in [6.45, 7) is 1.64. The van der Waals surface area contributed by atoms with E-state index in [1.807, 2.05) is 0 Å². The van der Waals surface area contributed by atoms with Gasteiger partial charge >= 0.3 is 0 Å². The van der Waals surface area contributed by atoms with Gasteiger partial charge in [0.25, 0.3) is 5.69 Å². The number of nitrogens with one attached hydrogen (secondary N) is 1. The molecule has 17 heavy (non-hydrogen) atoms. The van der Waals surface area contributed by atoms with Crippen LogP contribution in [0.1, 0.15) is 11.1 Å². The Bertz CT molecular complexity index is 530. The first-order valence-electron chi connectivity index (χ1n) is 4.63. The molecule has 0 aromatic heterocycles. The third-order valence-corrected chi connectivity index (χ3v) is 4.92. The van der Waals surface area contributed by atoms with E-state index in [0.29, 0.717) is 11.1 Å². The second kappa shape index (κ2) is 5.56. The van der Waals surface area contributed by atoms with Crippen LogP contribution in [0, 0.1) is 17.0 Å². The summed E-state index contributed by atoms with van der Waals surface area (Å²) in [6.07, 6.45) is 0. The number of nitro groups is 1. The van der Waals surface area contributed by atoms with Crippen molar-refractivity contribution in [2.75, 3.05) is 4.66 Å². The molecule has 0 saturated heterocycles. The van der Waals surface area contributed by atoms with Gasteiger partial charge in [-0.15, -0.1) is 0 Å². The van der Waals surface area contributed by atoms with Gasteiger partial charge in [-0.05, 0) is 12.5 Å². The zero-order chi connectivity index (χ0) is 13.1. The van der Waals surface area contributed by atoms with Crippen LogP contribution in [0.15, 0.2) is 18.2 Å². The number of benzene rings is 1. The Morgan fingerprint density at radius 3 is 2.65 bits per heavy atom. The highest BCUT2D eigenvalue weighted by molar-refractivity contribution is 9.10. The van der Waals surface area contributed by atoms with Crippen molar-refractivity contribution in [1.82, 2.24) is 4.72 Å². The highest BCUT2D eigenvalue weighted by Gasteiger charge is 2.14. The standard InChI is InChI=1S/C9H11BrN2O4S/c1-7-8(5-11-17(15,16)6-10)3-2-4-9(7)12(13)14/h2-4,11H,5-6H2,1H3. The fourth-order valence-electron chi connectivity index (χ4n) is 1.29. The van der Waals surface area contributed by atoms with E-state index >= 15 is 0 Å². The van der Waals surface area contributed by atoms with E-state index in [0.717, 1.165) is 0 Å². The van der Waals surface area contributed by atoms with Gasteiger partial charge in [0.1, 0.15) is 4.66 Å². The molecule has 1 N–H and O–H groups in total. The Balaban J connectivity index is 2.94. The number of sulfonamides is 1. The maximum absolute atomic E-state index is 11.2. The van der Waals surface area contributed by atoms with E-state index in [2.05, 4.69) is 20.7 Å². The van der Waals surface area contributed by atoms with Crippen LogP contribution in [0.3, 0.4) is 0 Å². The fraction of sp³-hybridized carbons (Fsp3) is 0.333. The minimum Gasteiger partial charge on any atom is -0.258 e. The van der Waals surface area contributed by atoms with Gasteiger partial charge in [0.05, 0.1) is 4.92 Å². The van der Waals surface area contributed by atoms with Gasteiger partial charge in [-0.3, -0.25) is 10.1 Å². The molecule has 0 spiro atoms. The van der Waals surface area contributed by atoms with Crippen molar-refractivity contribution in [1.29, 1.82) is 0 Å². The summed E-state index contributed by atoms with van der Waals surface area (Å²) < 4.78 is 24.6. The molecule has 0 unspecified atom stereocenters. The highest BCUT2D eigenvalue weighted by Crippen LogP contribution is 2.20. The topological polar surface area (TPSA) is 89.3 Å². The molecule has 0 aliphatic heterocycles. The first-order valence-corrected chi connectivity index (χ1v) is 7.41. The van der Waals surface area contributed by atoms with Crippen molar-refractivity contribution in [3.63, 3.8) is 0 Å². The average Bonchev–Trinajstić information content (AvgIpc) is 2.27. The van der Waals surface area contributed by atoms with Crippen LogP contribution < -0.4 is 4.72 Å². The Labute approximate surface area is 107 Å². The molecule has 0 amide bonds. The predicted molar refractivity (Wildman–Crippen MR) is 67.4 cm³/mol. The van der Waals surface area contributed by atoms with Gasteiger partial charge in [0.15, 0.2) is 0 Å². The molecular weight excluding hydrogens is 312 g/mol. The van der Waals surface area contributed by atoms with Gasteiger partial charge in [-0.2, -0.15) is 0 Å². The number of hydrogen-bond acceptors (Lipinski definition) is 4. The molecule has 0 saturated carbocycles. The molecule has 1 aromatic rings. The highest BCUT2D eigenvalue weighted by atomic mass is 79.9. The summed E-state index contributed by atoms with van der Waals surface area (Å²) in [5, 5.41) is 10.7. The summed E-state index contributed by atoms with van der Waals surface area (Å²) in [5.74, 6) is 0. The minimum absolute atomic E-state index is 0.0134. The molecule has 94 valence electrons. The lowest BCUT2D eigenvalue weighted by Crippen LogP contribution is -2.24. The third kappa shape index (κ3) is 3.76. The molecule has 0 atom stereocenters. The van der Waals surface area contributed by atoms with Crippen LogP contribution in [0.2, 0.25) is 0 Å². The van der Waals surface area contributed by atoms with Crippen molar-refractivity contribution < 1.29 is 13.3 Å². The lowest BCUT2D eigenvalue weighted by atomic mass is 10.1. The van der Waals surface area contributed by atoms with Crippen LogP contribution in [-0.4, -0.2) is 18.0 Å². The summed E-state index contributed by atoms with van der Waals surface area (Å²) >= 11 is 2.84. The molecule has 8 heteroatoms. The van der Waals surface area contributed by atoms with Crippen molar-refractivity contribution in [3.05, 3.63) is 39.4 Å². The third-order valence-electron chi connectivity index (χ3n) is 2.24. The van der Waals surface area contributed by atoms with Crippen LogP contribution in [-0.2, 0) is 16.6 Å². The monoisotopic (exact) mass is 322 g/mol. The van der Waals surface area contributed by atoms with Crippen LogP contribution in [0.4, 0.5) is 5.69 Å².